The van der Waals surface area contributed by atoms with Crippen molar-refractivity contribution in [1.82, 2.24) is 4.57 Å². The minimum Gasteiger partial charge on any atom is -0.493 e. The summed E-state index contributed by atoms with van der Waals surface area (Å²) in [6.07, 6.45) is 1.74. The molecule has 0 aliphatic carbocycles. The third kappa shape index (κ3) is 5.73. The molecule has 0 saturated carbocycles. The van der Waals surface area contributed by atoms with Crippen molar-refractivity contribution < 1.29 is 23.4 Å². The van der Waals surface area contributed by atoms with E-state index in [9.17, 15) is 14.0 Å². The van der Waals surface area contributed by atoms with Crippen LogP contribution in [0.2, 0.25) is 0 Å². The van der Waals surface area contributed by atoms with Crippen LogP contribution in [0, 0.1) is 5.82 Å². The fourth-order valence-corrected chi connectivity index (χ4v) is 6.81. The summed E-state index contributed by atoms with van der Waals surface area (Å²) >= 11 is 2.69. The Hall–Kier alpha value is -4.80. The van der Waals surface area contributed by atoms with Crippen LogP contribution in [0.5, 0.6) is 11.5 Å². The molecule has 10 heteroatoms. The van der Waals surface area contributed by atoms with Gasteiger partial charge in [0.25, 0.3) is 5.56 Å². The average Bonchev–Trinajstić information content (AvgIpc) is 3.69. The molecule has 2 aromatic heterocycles. The zero-order chi connectivity index (χ0) is 30.6. The Morgan fingerprint density at radius 2 is 1.82 bits per heavy atom. The number of methoxy groups -OCH3 is 1. The largest absolute Gasteiger partial charge is 0.493 e. The molecule has 1 aliphatic rings. The highest BCUT2D eigenvalue weighted by atomic mass is 32.1. The minimum absolute atomic E-state index is 0.171. The lowest BCUT2D eigenvalue weighted by molar-refractivity contribution is -0.138. The van der Waals surface area contributed by atoms with Gasteiger partial charge in [0, 0.05) is 16.0 Å². The number of carbonyl (C=O) groups excluding carboxylic acids is 1. The van der Waals surface area contributed by atoms with Crippen molar-refractivity contribution in [3.8, 4) is 11.5 Å². The number of esters is 1. The van der Waals surface area contributed by atoms with Crippen molar-refractivity contribution in [3.63, 3.8) is 0 Å². The van der Waals surface area contributed by atoms with Crippen molar-refractivity contribution >= 4 is 40.4 Å². The van der Waals surface area contributed by atoms with Crippen molar-refractivity contribution in [2.24, 2.45) is 4.99 Å². The molecule has 0 unspecified atom stereocenters. The van der Waals surface area contributed by atoms with Gasteiger partial charge in [-0.15, -0.1) is 11.3 Å². The summed E-state index contributed by atoms with van der Waals surface area (Å²) < 4.78 is 32.6. The molecule has 0 bridgehead atoms. The Balaban J connectivity index is 1.52. The highest BCUT2D eigenvalue weighted by Crippen LogP contribution is 2.37. The molecule has 5 aromatic rings. The molecule has 222 valence electrons. The van der Waals surface area contributed by atoms with Gasteiger partial charge < -0.3 is 14.2 Å². The monoisotopic (exact) mass is 626 g/mol. The van der Waals surface area contributed by atoms with Gasteiger partial charge in [0.05, 0.1) is 29.5 Å². The number of carbonyl (C=O) groups is 1. The maximum Gasteiger partial charge on any atom is 0.338 e. The fourth-order valence-electron chi connectivity index (χ4n) is 5.00. The minimum atomic E-state index is -0.720. The lowest BCUT2D eigenvalue weighted by Gasteiger charge is -2.24. The number of rotatable bonds is 9. The lowest BCUT2D eigenvalue weighted by atomic mass is 9.97. The molecule has 0 spiro atoms. The maximum absolute atomic E-state index is 14.2. The summed E-state index contributed by atoms with van der Waals surface area (Å²) in [5, 5.41) is 1.91. The van der Waals surface area contributed by atoms with Crippen molar-refractivity contribution in [1.29, 1.82) is 0 Å². The van der Waals surface area contributed by atoms with Crippen LogP contribution < -0.4 is 24.4 Å². The summed E-state index contributed by atoms with van der Waals surface area (Å²) in [5.74, 6) is 0.0785. The van der Waals surface area contributed by atoms with E-state index >= 15 is 0 Å². The summed E-state index contributed by atoms with van der Waals surface area (Å²) in [4.78, 5) is 33.9. The standard InChI is InChI=1S/C34H27FN2O5S2/c1-3-41-33(39)28-29(22-9-5-4-6-10-22)36-34-37(30(28)26-13-8-18-43-26)32(38)27(44-34)19-23-11-7-12-25(40-2)31(23)42-20-21-14-16-24(35)17-15-21/h4-19,30H,3,20H2,1-2H3/b27-19-/t30-/m0/s1. The van der Waals surface area contributed by atoms with E-state index in [4.69, 9.17) is 19.2 Å². The predicted octanol–water partition coefficient (Wildman–Crippen LogP) is 5.72. The second-order valence-electron chi connectivity index (χ2n) is 9.74. The molecule has 1 atom stereocenters. The Morgan fingerprint density at radius 1 is 1.02 bits per heavy atom. The third-order valence-electron chi connectivity index (χ3n) is 7.00. The first kappa shape index (κ1) is 29.3. The smallest absolute Gasteiger partial charge is 0.338 e. The number of fused-ring (bicyclic) bond motifs is 1. The van der Waals surface area contributed by atoms with Crippen molar-refractivity contribution in [2.45, 2.75) is 19.6 Å². The molecule has 0 fully saturated rings. The molecule has 0 amide bonds. The molecule has 3 aromatic carbocycles. The number of halogens is 1. The highest BCUT2D eigenvalue weighted by Gasteiger charge is 2.35. The van der Waals surface area contributed by atoms with Gasteiger partial charge in [-0.1, -0.05) is 72.0 Å². The van der Waals surface area contributed by atoms with Gasteiger partial charge in [-0.2, -0.15) is 0 Å². The fraction of sp³-hybridized carbons (Fsp3) is 0.147. The van der Waals surface area contributed by atoms with Crippen LogP contribution in [0.15, 0.2) is 106 Å². The molecule has 0 radical (unpaired) electrons. The van der Waals surface area contributed by atoms with Crippen molar-refractivity contribution in [2.75, 3.05) is 13.7 Å². The van der Waals surface area contributed by atoms with Crippen LogP contribution in [0.25, 0.3) is 11.8 Å². The summed E-state index contributed by atoms with van der Waals surface area (Å²) in [7, 11) is 1.54. The van der Waals surface area contributed by atoms with E-state index in [2.05, 4.69) is 0 Å². The molecule has 3 heterocycles. The van der Waals surface area contributed by atoms with Gasteiger partial charge in [-0.05, 0) is 48.2 Å². The predicted molar refractivity (Wildman–Crippen MR) is 169 cm³/mol. The summed E-state index contributed by atoms with van der Waals surface area (Å²) in [6.45, 7) is 2.10. The van der Waals surface area contributed by atoms with E-state index in [0.29, 0.717) is 37.7 Å². The molecule has 1 aliphatic heterocycles. The number of hydrogen-bond donors (Lipinski definition) is 0. The van der Waals surface area contributed by atoms with Gasteiger partial charge in [0.15, 0.2) is 16.3 Å². The Kier molecular flexibility index (Phi) is 8.53. The Bertz CT molecular complexity index is 2010. The second-order valence-corrected chi connectivity index (χ2v) is 11.7. The number of ether oxygens (including phenoxy) is 3. The first-order chi connectivity index (χ1) is 21.5. The van der Waals surface area contributed by atoms with E-state index in [1.807, 2.05) is 60.0 Å². The molecule has 0 N–H and O–H groups in total. The topological polar surface area (TPSA) is 79.1 Å². The molecule has 6 rings (SSSR count). The van der Waals surface area contributed by atoms with Gasteiger partial charge in [-0.25, -0.2) is 14.2 Å². The lowest BCUT2D eigenvalue weighted by Crippen LogP contribution is -2.39. The highest BCUT2D eigenvalue weighted by molar-refractivity contribution is 7.10. The summed E-state index contributed by atoms with van der Waals surface area (Å²) in [6, 6.07) is 24.0. The molecular weight excluding hydrogens is 600 g/mol. The van der Waals surface area contributed by atoms with Gasteiger partial charge in [0.2, 0.25) is 0 Å². The Labute approximate surface area is 260 Å². The van der Waals surface area contributed by atoms with Crippen molar-refractivity contribution in [3.05, 3.63) is 143 Å². The third-order valence-corrected chi connectivity index (χ3v) is 8.91. The quantitative estimate of drug-likeness (QED) is 0.196. The number of hydrogen-bond acceptors (Lipinski definition) is 8. The number of aromatic nitrogens is 1. The van der Waals surface area contributed by atoms with Crippen LogP contribution in [0.4, 0.5) is 4.39 Å². The number of thiazole rings is 1. The van der Waals surface area contributed by atoms with E-state index in [1.165, 1.54) is 34.8 Å². The van der Waals surface area contributed by atoms with Crippen LogP contribution in [-0.4, -0.2) is 24.3 Å². The maximum atomic E-state index is 14.2. The van der Waals surface area contributed by atoms with Gasteiger partial charge >= 0.3 is 5.97 Å². The first-order valence-corrected chi connectivity index (χ1v) is 15.5. The van der Waals surface area contributed by atoms with Crippen LogP contribution in [-0.2, 0) is 16.1 Å². The number of thiophene rings is 1. The van der Waals surface area contributed by atoms with E-state index < -0.39 is 12.0 Å². The van der Waals surface area contributed by atoms with Gasteiger partial charge in [0.1, 0.15) is 18.5 Å². The molecule has 7 nitrogen and oxygen atoms in total. The van der Waals surface area contributed by atoms with Crippen LogP contribution >= 0.6 is 22.7 Å². The number of benzene rings is 3. The second kappa shape index (κ2) is 12.8. The van der Waals surface area contributed by atoms with Gasteiger partial charge in [-0.3, -0.25) is 9.36 Å². The zero-order valence-corrected chi connectivity index (χ0v) is 25.5. The summed E-state index contributed by atoms with van der Waals surface area (Å²) in [5.41, 5.74) is 2.63. The number of nitrogens with zero attached hydrogens (tertiary/aromatic N) is 2. The average molecular weight is 627 g/mol. The van der Waals surface area contributed by atoms with E-state index in [0.717, 1.165) is 16.0 Å². The number of para-hydroxylation sites is 1. The molecule has 0 saturated heterocycles. The normalized spacial score (nSPS) is 14.6. The van der Waals surface area contributed by atoms with Crippen LogP contribution in [0.1, 0.15) is 34.5 Å². The Morgan fingerprint density at radius 3 is 2.52 bits per heavy atom. The van der Waals surface area contributed by atoms with Crippen LogP contribution in [0.3, 0.4) is 0 Å². The molecule has 44 heavy (non-hydrogen) atoms. The first-order valence-electron chi connectivity index (χ1n) is 13.8. The van der Waals surface area contributed by atoms with E-state index in [1.54, 1.807) is 42.9 Å². The SMILES string of the molecule is CCOC(=O)C1=C(c2ccccc2)N=c2s/c(=C\c3cccc(OC)c3OCc3ccc(F)cc3)c(=O)n2[C@H]1c1cccs1. The molecular formula is C34H27FN2O5S2. The van der Waals surface area contributed by atoms with E-state index in [-0.39, 0.29) is 24.6 Å². The zero-order valence-electron chi connectivity index (χ0n) is 23.9.